The molecule has 0 aliphatic rings. The molecule has 3 N–H and O–H groups in total. The predicted molar refractivity (Wildman–Crippen MR) is 104 cm³/mol. The molecule has 0 bridgehead atoms. The van der Waals surface area contributed by atoms with Gasteiger partial charge in [0.2, 0.25) is 5.88 Å². The highest BCUT2D eigenvalue weighted by Crippen LogP contribution is 2.16. The van der Waals surface area contributed by atoms with Gasteiger partial charge in [0, 0.05) is 6.54 Å². The van der Waals surface area contributed by atoms with Crippen LogP contribution in [0.1, 0.15) is 49.0 Å². The van der Waals surface area contributed by atoms with Gasteiger partial charge >= 0.3 is 5.69 Å². The summed E-state index contributed by atoms with van der Waals surface area (Å²) < 4.78 is 1.08. The van der Waals surface area contributed by atoms with E-state index in [4.69, 9.17) is 11.6 Å². The van der Waals surface area contributed by atoms with Crippen molar-refractivity contribution in [2.75, 3.05) is 0 Å². The average Bonchev–Trinajstić information content (AvgIpc) is 2.64. The normalized spacial score (nSPS) is 11.4. The number of nitrogens with zero attached hydrogens (tertiary/aromatic N) is 2. The molecule has 0 aliphatic carbocycles. The van der Waals surface area contributed by atoms with Crippen molar-refractivity contribution >= 4 is 23.2 Å². The molecule has 9 heteroatoms. The maximum absolute atomic E-state index is 12.2. The van der Waals surface area contributed by atoms with Gasteiger partial charge in [-0.3, -0.25) is 19.1 Å². The Morgan fingerprint density at radius 3 is 2.63 bits per heavy atom. The number of aromatic nitrogens is 2. The maximum Gasteiger partial charge on any atom is 0.331 e. The fourth-order valence-electron chi connectivity index (χ4n) is 2.48. The lowest BCUT2D eigenvalue weighted by atomic mass is 10.1. The van der Waals surface area contributed by atoms with Gasteiger partial charge in [0.15, 0.2) is 0 Å². The summed E-state index contributed by atoms with van der Waals surface area (Å²) in [6.45, 7) is 3.91. The van der Waals surface area contributed by atoms with Gasteiger partial charge in [-0.1, -0.05) is 44.0 Å². The third-order valence-corrected chi connectivity index (χ3v) is 4.27. The minimum absolute atomic E-state index is 0.138. The zero-order valence-corrected chi connectivity index (χ0v) is 15.8. The minimum atomic E-state index is -0.766. The Morgan fingerprint density at radius 2 is 2.00 bits per heavy atom. The Kier molecular flexibility index (Phi) is 6.95. The summed E-state index contributed by atoms with van der Waals surface area (Å²) >= 11 is 5.98. The molecule has 0 aliphatic heterocycles. The van der Waals surface area contributed by atoms with Crippen LogP contribution in [0, 0.1) is 0 Å². The summed E-state index contributed by atoms with van der Waals surface area (Å²) in [5.74, 6) is -1.02. The molecular weight excluding hydrogens is 372 g/mol. The number of carbonyl (C=O) groups is 1. The van der Waals surface area contributed by atoms with E-state index in [9.17, 15) is 19.5 Å². The van der Waals surface area contributed by atoms with Gasteiger partial charge in [-0.05, 0) is 25.0 Å². The van der Waals surface area contributed by atoms with Gasteiger partial charge in [-0.15, -0.1) is 0 Å². The average molecular weight is 393 g/mol. The highest BCUT2D eigenvalue weighted by molar-refractivity contribution is 6.33. The number of unbranched alkanes of at least 4 members (excludes halogenated alkanes) is 1. The first kappa shape index (κ1) is 20.4. The summed E-state index contributed by atoms with van der Waals surface area (Å²) in [7, 11) is 0. The number of hydrazone groups is 1. The molecule has 0 radical (unpaired) electrons. The number of halogens is 1. The molecule has 144 valence electrons. The number of hydrogen-bond donors (Lipinski definition) is 3. The van der Waals surface area contributed by atoms with Gasteiger partial charge in [-0.2, -0.15) is 5.10 Å². The summed E-state index contributed by atoms with van der Waals surface area (Å²) in [5, 5.41) is 14.7. The standard InChI is InChI=1S/C18H21ClN4O4/c1-3-5-10-23-17(26)14(16(25)20-18(23)27)13(4-2)21-22-15(24)11-8-6-7-9-12(11)19/h6-9,26H,3-5,10H2,1-2H3,(H,22,24)(H,20,25,27). The van der Waals surface area contributed by atoms with Crippen LogP contribution in [0.15, 0.2) is 39.0 Å². The van der Waals surface area contributed by atoms with Gasteiger partial charge < -0.3 is 5.11 Å². The monoisotopic (exact) mass is 392 g/mol. The molecule has 1 aromatic heterocycles. The van der Waals surface area contributed by atoms with Gasteiger partial charge in [-0.25, -0.2) is 10.2 Å². The van der Waals surface area contributed by atoms with Crippen molar-refractivity contribution < 1.29 is 9.90 Å². The number of aromatic hydroxyl groups is 1. The number of hydrogen-bond acceptors (Lipinski definition) is 5. The molecule has 0 saturated carbocycles. The molecule has 0 spiro atoms. The highest BCUT2D eigenvalue weighted by Gasteiger charge is 2.19. The van der Waals surface area contributed by atoms with Gasteiger partial charge in [0.25, 0.3) is 11.5 Å². The quantitative estimate of drug-likeness (QED) is 0.494. The zero-order chi connectivity index (χ0) is 20.0. The number of H-pyrrole nitrogens is 1. The number of carbonyl (C=O) groups excluding carboxylic acids is 1. The molecule has 0 atom stereocenters. The third-order valence-electron chi connectivity index (χ3n) is 3.94. The SMILES string of the molecule is CCCCn1c(O)c(C(CC)=NNC(=O)c2ccccc2Cl)c(=O)[nH]c1=O. The van der Waals surface area contributed by atoms with E-state index in [1.807, 2.05) is 6.92 Å². The lowest BCUT2D eigenvalue weighted by Crippen LogP contribution is -2.34. The zero-order valence-electron chi connectivity index (χ0n) is 15.1. The van der Waals surface area contributed by atoms with Crippen LogP contribution in [0.4, 0.5) is 0 Å². The van der Waals surface area contributed by atoms with Crippen molar-refractivity contribution in [1.82, 2.24) is 15.0 Å². The van der Waals surface area contributed by atoms with Crippen LogP contribution in [0.5, 0.6) is 5.88 Å². The summed E-state index contributed by atoms with van der Waals surface area (Å²) in [6, 6.07) is 6.46. The molecule has 8 nitrogen and oxygen atoms in total. The van der Waals surface area contributed by atoms with E-state index in [0.717, 1.165) is 11.0 Å². The number of benzene rings is 1. The first-order chi connectivity index (χ1) is 12.9. The third kappa shape index (κ3) is 4.65. The number of aromatic amines is 1. The van der Waals surface area contributed by atoms with Crippen LogP contribution in [0.25, 0.3) is 0 Å². The molecule has 1 aromatic carbocycles. The van der Waals surface area contributed by atoms with Crippen LogP contribution >= 0.6 is 11.6 Å². The van der Waals surface area contributed by atoms with E-state index in [1.54, 1.807) is 25.1 Å². The second kappa shape index (κ2) is 9.18. The van der Waals surface area contributed by atoms with E-state index in [-0.39, 0.29) is 34.8 Å². The largest absolute Gasteiger partial charge is 0.494 e. The highest BCUT2D eigenvalue weighted by atomic mass is 35.5. The Morgan fingerprint density at radius 1 is 1.30 bits per heavy atom. The van der Waals surface area contributed by atoms with E-state index in [1.165, 1.54) is 6.07 Å². The van der Waals surface area contributed by atoms with Crippen LogP contribution in [-0.4, -0.2) is 26.3 Å². The molecule has 0 saturated heterocycles. The summed E-state index contributed by atoms with van der Waals surface area (Å²) in [4.78, 5) is 38.6. The Balaban J connectivity index is 2.41. The van der Waals surface area contributed by atoms with Crippen molar-refractivity contribution in [3.63, 3.8) is 0 Å². The summed E-state index contributed by atoms with van der Waals surface area (Å²) in [5.41, 5.74) is 1.10. The smallest absolute Gasteiger partial charge is 0.331 e. The lowest BCUT2D eigenvalue weighted by Gasteiger charge is -2.12. The molecule has 0 unspecified atom stereocenters. The van der Waals surface area contributed by atoms with Gasteiger partial charge in [0.1, 0.15) is 5.56 Å². The fourth-order valence-corrected chi connectivity index (χ4v) is 2.70. The minimum Gasteiger partial charge on any atom is -0.494 e. The molecule has 1 heterocycles. The van der Waals surface area contributed by atoms with Crippen molar-refractivity contribution in [2.45, 2.75) is 39.7 Å². The topological polar surface area (TPSA) is 117 Å². The van der Waals surface area contributed by atoms with Crippen LogP contribution < -0.4 is 16.7 Å². The van der Waals surface area contributed by atoms with E-state index < -0.39 is 23.0 Å². The van der Waals surface area contributed by atoms with Crippen molar-refractivity contribution in [3.05, 3.63) is 61.3 Å². The van der Waals surface area contributed by atoms with Crippen molar-refractivity contribution in [2.24, 2.45) is 5.10 Å². The second-order valence-electron chi connectivity index (χ2n) is 5.80. The fraction of sp³-hybridized carbons (Fsp3) is 0.333. The van der Waals surface area contributed by atoms with Crippen LogP contribution in [-0.2, 0) is 6.54 Å². The lowest BCUT2D eigenvalue weighted by molar-refractivity contribution is 0.0955. The van der Waals surface area contributed by atoms with Crippen LogP contribution in [0.3, 0.4) is 0 Å². The predicted octanol–water partition coefficient (Wildman–Crippen LogP) is 2.24. The Labute approximate surface area is 160 Å². The number of nitrogens with one attached hydrogen (secondary N) is 2. The van der Waals surface area contributed by atoms with E-state index in [2.05, 4.69) is 15.5 Å². The first-order valence-corrected chi connectivity index (χ1v) is 8.96. The summed E-state index contributed by atoms with van der Waals surface area (Å²) in [6.07, 6.45) is 1.70. The van der Waals surface area contributed by atoms with Crippen molar-refractivity contribution in [1.29, 1.82) is 0 Å². The van der Waals surface area contributed by atoms with Gasteiger partial charge in [0.05, 0.1) is 16.3 Å². The number of amides is 1. The molecular formula is C18H21ClN4O4. The maximum atomic E-state index is 12.2. The molecule has 2 aromatic rings. The van der Waals surface area contributed by atoms with Crippen LogP contribution in [0.2, 0.25) is 5.02 Å². The molecule has 1 amide bonds. The molecule has 27 heavy (non-hydrogen) atoms. The van der Waals surface area contributed by atoms with E-state index >= 15 is 0 Å². The molecule has 2 rings (SSSR count). The van der Waals surface area contributed by atoms with E-state index in [0.29, 0.717) is 6.42 Å². The first-order valence-electron chi connectivity index (χ1n) is 8.58. The Hall–Kier alpha value is -2.87. The molecule has 0 fully saturated rings. The van der Waals surface area contributed by atoms with Crippen molar-refractivity contribution in [3.8, 4) is 5.88 Å². The Bertz CT molecular complexity index is 978. The second-order valence-corrected chi connectivity index (χ2v) is 6.20. The number of rotatable bonds is 7.